The molecule has 1 saturated heterocycles. The van der Waals surface area contributed by atoms with E-state index in [-0.39, 0.29) is 23.8 Å². The number of hydrogen-bond donors (Lipinski definition) is 2. The van der Waals surface area contributed by atoms with Crippen molar-refractivity contribution in [3.05, 3.63) is 35.6 Å². The smallest absolute Gasteiger partial charge is 0.237 e. The average molecular weight is 278 g/mol. The van der Waals surface area contributed by atoms with Crippen LogP contribution in [0.4, 0.5) is 4.39 Å². The van der Waals surface area contributed by atoms with Gasteiger partial charge in [0.25, 0.3) is 0 Å². The first kappa shape index (κ1) is 15.0. The fourth-order valence-corrected chi connectivity index (χ4v) is 2.72. The zero-order valence-electron chi connectivity index (χ0n) is 12.2. The molecular weight excluding hydrogens is 255 g/mol. The number of carbonyl (C=O) groups is 1. The lowest BCUT2D eigenvalue weighted by Crippen LogP contribution is -2.49. The van der Waals surface area contributed by atoms with Gasteiger partial charge in [-0.15, -0.1) is 0 Å². The molecular formula is C16H23FN2O. The molecule has 1 aliphatic rings. The van der Waals surface area contributed by atoms with Gasteiger partial charge in [0, 0.05) is 0 Å². The second kappa shape index (κ2) is 6.84. The van der Waals surface area contributed by atoms with Gasteiger partial charge in [-0.3, -0.25) is 4.79 Å². The highest BCUT2D eigenvalue weighted by Gasteiger charge is 2.26. The Morgan fingerprint density at radius 2 is 2.15 bits per heavy atom. The summed E-state index contributed by atoms with van der Waals surface area (Å²) < 4.78 is 12.9. The van der Waals surface area contributed by atoms with Gasteiger partial charge in [-0.1, -0.05) is 25.5 Å². The van der Waals surface area contributed by atoms with Crippen molar-refractivity contribution in [1.82, 2.24) is 10.6 Å². The Morgan fingerprint density at radius 1 is 1.45 bits per heavy atom. The zero-order valence-corrected chi connectivity index (χ0v) is 12.2. The number of hydrogen-bond acceptors (Lipinski definition) is 2. The van der Waals surface area contributed by atoms with Crippen molar-refractivity contribution >= 4 is 5.91 Å². The van der Waals surface area contributed by atoms with Gasteiger partial charge in [0.15, 0.2) is 0 Å². The molecule has 3 nitrogen and oxygen atoms in total. The van der Waals surface area contributed by atoms with E-state index in [1.54, 1.807) is 12.1 Å². The summed E-state index contributed by atoms with van der Waals surface area (Å²) in [5.74, 6) is 0.417. The number of halogens is 1. The molecule has 20 heavy (non-hydrogen) atoms. The first-order valence-electron chi connectivity index (χ1n) is 7.39. The number of rotatable bonds is 4. The van der Waals surface area contributed by atoms with E-state index in [9.17, 15) is 9.18 Å². The molecule has 0 spiro atoms. The minimum Gasteiger partial charge on any atom is -0.348 e. The molecule has 0 aromatic heterocycles. The van der Waals surface area contributed by atoms with Crippen LogP contribution < -0.4 is 10.6 Å². The number of benzene rings is 1. The van der Waals surface area contributed by atoms with Crippen LogP contribution in [0.5, 0.6) is 0 Å². The number of piperidine rings is 1. The van der Waals surface area contributed by atoms with Crippen molar-refractivity contribution < 1.29 is 9.18 Å². The molecule has 3 atom stereocenters. The average Bonchev–Trinajstić information content (AvgIpc) is 2.47. The third-order valence-electron chi connectivity index (χ3n) is 4.13. The third kappa shape index (κ3) is 3.79. The van der Waals surface area contributed by atoms with E-state index in [0.717, 1.165) is 31.4 Å². The quantitative estimate of drug-likeness (QED) is 0.889. The standard InChI is InChI=1S/C16H23FN2O/c1-3-12-8-9-18-15(10-12)16(20)19-11(2)13-4-6-14(17)7-5-13/h4-7,11-12,15,18H,3,8-10H2,1-2H3,(H,19,20)/t11-,12?,15?/m0/s1. The summed E-state index contributed by atoms with van der Waals surface area (Å²) in [6, 6.07) is 6.06. The van der Waals surface area contributed by atoms with Crippen molar-refractivity contribution in [2.75, 3.05) is 6.54 Å². The minimum absolute atomic E-state index is 0.0416. The third-order valence-corrected chi connectivity index (χ3v) is 4.13. The van der Waals surface area contributed by atoms with Crippen molar-refractivity contribution in [3.63, 3.8) is 0 Å². The molecule has 1 fully saturated rings. The maximum absolute atomic E-state index is 12.9. The van der Waals surface area contributed by atoms with Gasteiger partial charge < -0.3 is 10.6 Å². The first-order chi connectivity index (χ1) is 9.60. The summed E-state index contributed by atoms with van der Waals surface area (Å²) in [7, 11) is 0. The van der Waals surface area contributed by atoms with Crippen LogP contribution in [-0.4, -0.2) is 18.5 Å². The minimum atomic E-state index is -0.257. The van der Waals surface area contributed by atoms with Crippen LogP contribution in [0.3, 0.4) is 0 Å². The van der Waals surface area contributed by atoms with E-state index in [1.165, 1.54) is 12.1 Å². The lowest BCUT2D eigenvalue weighted by Gasteiger charge is -2.29. The van der Waals surface area contributed by atoms with Crippen LogP contribution in [0.1, 0.15) is 44.7 Å². The normalized spacial score (nSPS) is 24.1. The lowest BCUT2D eigenvalue weighted by atomic mass is 9.90. The van der Waals surface area contributed by atoms with Crippen LogP contribution in [-0.2, 0) is 4.79 Å². The molecule has 4 heteroatoms. The van der Waals surface area contributed by atoms with E-state index in [1.807, 2.05) is 6.92 Å². The molecule has 2 unspecified atom stereocenters. The molecule has 0 aliphatic carbocycles. The molecule has 1 aliphatic heterocycles. The Balaban J connectivity index is 1.91. The summed E-state index contributed by atoms with van der Waals surface area (Å²) in [6.07, 6.45) is 3.17. The molecule has 2 N–H and O–H groups in total. The van der Waals surface area contributed by atoms with Gasteiger partial charge in [0.1, 0.15) is 5.82 Å². The number of amides is 1. The van der Waals surface area contributed by atoms with Crippen LogP contribution in [0.25, 0.3) is 0 Å². The van der Waals surface area contributed by atoms with E-state index in [2.05, 4.69) is 17.6 Å². The monoisotopic (exact) mass is 278 g/mol. The molecule has 1 amide bonds. The maximum atomic E-state index is 12.9. The Morgan fingerprint density at radius 3 is 2.80 bits per heavy atom. The highest BCUT2D eigenvalue weighted by atomic mass is 19.1. The second-order valence-corrected chi connectivity index (χ2v) is 5.59. The fourth-order valence-electron chi connectivity index (χ4n) is 2.72. The molecule has 1 aromatic rings. The van der Waals surface area contributed by atoms with E-state index in [0.29, 0.717) is 5.92 Å². The van der Waals surface area contributed by atoms with E-state index >= 15 is 0 Å². The van der Waals surface area contributed by atoms with Crippen LogP contribution in [0, 0.1) is 11.7 Å². The Bertz CT molecular complexity index is 446. The Kier molecular flexibility index (Phi) is 5.12. The summed E-state index contributed by atoms with van der Waals surface area (Å²) >= 11 is 0. The van der Waals surface area contributed by atoms with Crippen LogP contribution in [0.15, 0.2) is 24.3 Å². The first-order valence-corrected chi connectivity index (χ1v) is 7.39. The second-order valence-electron chi connectivity index (χ2n) is 5.59. The molecule has 0 bridgehead atoms. The highest BCUT2D eigenvalue weighted by Crippen LogP contribution is 2.20. The molecule has 0 radical (unpaired) electrons. The van der Waals surface area contributed by atoms with Crippen molar-refractivity contribution in [2.24, 2.45) is 5.92 Å². The number of carbonyl (C=O) groups excluding carboxylic acids is 1. The summed E-state index contributed by atoms with van der Waals surface area (Å²) in [5, 5.41) is 6.28. The zero-order chi connectivity index (χ0) is 14.5. The van der Waals surface area contributed by atoms with Crippen LogP contribution in [0.2, 0.25) is 0 Å². The Labute approximate surface area is 120 Å². The van der Waals surface area contributed by atoms with Gasteiger partial charge in [-0.25, -0.2) is 4.39 Å². The molecule has 1 aromatic carbocycles. The van der Waals surface area contributed by atoms with Crippen molar-refractivity contribution in [2.45, 2.75) is 45.2 Å². The summed E-state index contributed by atoms with van der Waals surface area (Å²) in [4.78, 5) is 12.3. The van der Waals surface area contributed by atoms with Crippen molar-refractivity contribution in [3.8, 4) is 0 Å². The van der Waals surface area contributed by atoms with Gasteiger partial charge >= 0.3 is 0 Å². The van der Waals surface area contributed by atoms with E-state index in [4.69, 9.17) is 0 Å². The molecule has 2 rings (SSSR count). The summed E-state index contributed by atoms with van der Waals surface area (Å²) in [5.41, 5.74) is 0.919. The van der Waals surface area contributed by atoms with Gasteiger partial charge in [-0.2, -0.15) is 0 Å². The van der Waals surface area contributed by atoms with E-state index < -0.39 is 0 Å². The maximum Gasteiger partial charge on any atom is 0.237 e. The fraction of sp³-hybridized carbons (Fsp3) is 0.562. The highest BCUT2D eigenvalue weighted by molar-refractivity contribution is 5.82. The topological polar surface area (TPSA) is 41.1 Å². The van der Waals surface area contributed by atoms with Crippen molar-refractivity contribution in [1.29, 1.82) is 0 Å². The molecule has 110 valence electrons. The predicted molar refractivity (Wildman–Crippen MR) is 77.8 cm³/mol. The van der Waals surface area contributed by atoms with Gasteiger partial charge in [0.05, 0.1) is 12.1 Å². The van der Waals surface area contributed by atoms with Gasteiger partial charge in [0.2, 0.25) is 5.91 Å². The SMILES string of the molecule is CCC1CCNC(C(=O)N[C@@H](C)c2ccc(F)cc2)C1. The van der Waals surface area contributed by atoms with Gasteiger partial charge in [-0.05, 0) is 49.9 Å². The predicted octanol–water partition coefficient (Wildman–Crippen LogP) is 2.78. The molecule has 1 heterocycles. The summed E-state index contributed by atoms with van der Waals surface area (Å²) in [6.45, 7) is 5.00. The Hall–Kier alpha value is -1.42. The largest absolute Gasteiger partial charge is 0.348 e. The lowest BCUT2D eigenvalue weighted by molar-refractivity contribution is -0.124. The van der Waals surface area contributed by atoms with Crippen LogP contribution >= 0.6 is 0 Å². The number of nitrogens with one attached hydrogen (secondary N) is 2. The molecule has 0 saturated carbocycles.